The number of benzene rings is 1. The van der Waals surface area contributed by atoms with E-state index >= 15 is 0 Å². The van der Waals surface area contributed by atoms with Crippen LogP contribution in [0.3, 0.4) is 0 Å². The van der Waals surface area contributed by atoms with E-state index in [0.29, 0.717) is 12.3 Å². The third-order valence-electron chi connectivity index (χ3n) is 7.68. The van der Waals surface area contributed by atoms with Gasteiger partial charge in [0.05, 0.1) is 11.0 Å². The van der Waals surface area contributed by atoms with Gasteiger partial charge in [-0.05, 0) is 70.4 Å². The van der Waals surface area contributed by atoms with Crippen molar-refractivity contribution < 1.29 is 19.1 Å². The molecule has 2 aliphatic heterocycles. The van der Waals surface area contributed by atoms with Gasteiger partial charge in [-0.2, -0.15) is 0 Å². The van der Waals surface area contributed by atoms with Gasteiger partial charge in [0.25, 0.3) is 0 Å². The molecule has 188 valence electrons. The molecule has 1 saturated carbocycles. The van der Waals surface area contributed by atoms with Gasteiger partial charge in [0.1, 0.15) is 11.6 Å². The van der Waals surface area contributed by atoms with Crippen molar-refractivity contribution in [1.29, 1.82) is 0 Å². The molecule has 0 radical (unpaired) electrons. The minimum Gasteiger partial charge on any atom is -0.444 e. The van der Waals surface area contributed by atoms with Crippen LogP contribution in [-0.4, -0.2) is 50.6 Å². The number of nitrogens with zero attached hydrogens (tertiary/aromatic N) is 3. The average molecular weight is 483 g/mol. The van der Waals surface area contributed by atoms with Gasteiger partial charge >= 0.3 is 11.8 Å². The van der Waals surface area contributed by atoms with E-state index in [2.05, 4.69) is 11.4 Å². The van der Waals surface area contributed by atoms with Crippen molar-refractivity contribution in [2.45, 2.75) is 70.9 Å². The first-order valence-electron chi connectivity index (χ1n) is 12.5. The topological polar surface area (TPSA) is 103 Å². The number of aromatic nitrogens is 2. The number of carbonyl (C=O) groups excluding carboxylic acids is 3. The first-order valence-corrected chi connectivity index (χ1v) is 12.5. The fourth-order valence-electron chi connectivity index (χ4n) is 6.16. The van der Waals surface area contributed by atoms with E-state index in [-0.39, 0.29) is 29.5 Å². The summed E-state index contributed by atoms with van der Waals surface area (Å²) in [4.78, 5) is 51.1. The largest absolute Gasteiger partial charge is 0.444 e. The zero-order chi connectivity index (χ0) is 25.1. The summed E-state index contributed by atoms with van der Waals surface area (Å²) in [5, 5.41) is 2.36. The summed E-state index contributed by atoms with van der Waals surface area (Å²) in [5.41, 5.74) is 2.23. The van der Waals surface area contributed by atoms with Gasteiger partial charge in [-0.25, -0.2) is 9.59 Å². The van der Waals surface area contributed by atoms with Gasteiger partial charge in [0, 0.05) is 32.0 Å². The van der Waals surface area contributed by atoms with Crippen LogP contribution in [0.2, 0.25) is 0 Å². The zero-order valence-electron chi connectivity index (χ0n) is 20.9. The molecule has 2 aromatic rings. The average Bonchev–Trinajstić information content (AvgIpc) is 2.95. The second-order valence-electron chi connectivity index (χ2n) is 11.6. The quantitative estimate of drug-likeness (QED) is 0.675. The number of likely N-dealkylation sites (tertiary alicyclic amines) is 1. The number of hydrogen-bond donors (Lipinski definition) is 1. The smallest absolute Gasteiger partial charge is 0.410 e. The number of fused-ring (bicyclic) bond motifs is 1. The summed E-state index contributed by atoms with van der Waals surface area (Å²) in [6, 6.07) is 5.20. The molecule has 1 aromatic heterocycles. The molecule has 0 bridgehead atoms. The van der Waals surface area contributed by atoms with Crippen LogP contribution in [0.25, 0.3) is 11.0 Å². The molecular weight excluding hydrogens is 448 g/mol. The SMILES string of the molecule is Cn1c(=O)n(C2CCC(=O)NC2=O)c2cccc(CCC3CC4(C3)CN(C(=O)OC(C)(C)C)C4)c21. The van der Waals surface area contributed by atoms with E-state index in [4.69, 9.17) is 4.74 Å². The Hall–Kier alpha value is -3.10. The van der Waals surface area contributed by atoms with Gasteiger partial charge in [-0.1, -0.05) is 12.1 Å². The number of nitrogens with one attached hydrogen (secondary N) is 1. The van der Waals surface area contributed by atoms with Crippen LogP contribution in [0.15, 0.2) is 23.0 Å². The lowest BCUT2D eigenvalue weighted by Gasteiger charge is -2.59. The fourth-order valence-corrected chi connectivity index (χ4v) is 6.16. The summed E-state index contributed by atoms with van der Waals surface area (Å²) in [6.45, 7) is 7.20. The summed E-state index contributed by atoms with van der Waals surface area (Å²) in [5.74, 6) is -0.110. The third-order valence-corrected chi connectivity index (χ3v) is 7.68. The Balaban J connectivity index is 1.23. The maximum atomic E-state index is 13.1. The van der Waals surface area contributed by atoms with Crippen LogP contribution in [0.1, 0.15) is 64.5 Å². The second kappa shape index (κ2) is 8.24. The molecule has 1 atom stereocenters. The number of imidazole rings is 1. The van der Waals surface area contributed by atoms with E-state index in [1.807, 2.05) is 32.9 Å². The first kappa shape index (κ1) is 23.6. The summed E-state index contributed by atoms with van der Waals surface area (Å²) < 4.78 is 8.64. The van der Waals surface area contributed by atoms with Crippen LogP contribution >= 0.6 is 0 Å². The van der Waals surface area contributed by atoms with E-state index in [0.717, 1.165) is 55.4 Å². The van der Waals surface area contributed by atoms with Crippen molar-refractivity contribution in [3.8, 4) is 0 Å². The van der Waals surface area contributed by atoms with Gasteiger partial charge in [-0.15, -0.1) is 0 Å². The predicted molar refractivity (Wildman–Crippen MR) is 130 cm³/mol. The van der Waals surface area contributed by atoms with Crippen LogP contribution in [0, 0.1) is 11.3 Å². The van der Waals surface area contributed by atoms with E-state index in [1.54, 1.807) is 21.1 Å². The predicted octanol–water partition coefficient (Wildman–Crippen LogP) is 2.90. The van der Waals surface area contributed by atoms with Crippen LogP contribution in [0.4, 0.5) is 4.79 Å². The second-order valence-corrected chi connectivity index (χ2v) is 11.6. The number of amides is 3. The molecule has 3 heterocycles. The summed E-state index contributed by atoms with van der Waals surface area (Å²) >= 11 is 0. The van der Waals surface area contributed by atoms with Crippen molar-refractivity contribution in [2.24, 2.45) is 18.4 Å². The molecule has 35 heavy (non-hydrogen) atoms. The molecule has 2 saturated heterocycles. The van der Waals surface area contributed by atoms with Crippen LogP contribution < -0.4 is 11.0 Å². The molecule has 1 aliphatic carbocycles. The first-order chi connectivity index (χ1) is 16.5. The Morgan fingerprint density at radius 3 is 2.54 bits per heavy atom. The van der Waals surface area contributed by atoms with Gasteiger partial charge in [0.2, 0.25) is 11.8 Å². The minimum absolute atomic E-state index is 0.223. The van der Waals surface area contributed by atoms with Gasteiger partial charge < -0.3 is 9.64 Å². The van der Waals surface area contributed by atoms with Crippen LogP contribution in [-0.2, 0) is 27.8 Å². The maximum Gasteiger partial charge on any atom is 0.410 e. The highest BCUT2D eigenvalue weighted by molar-refractivity contribution is 6.00. The number of piperidine rings is 1. The number of carbonyl (C=O) groups is 3. The lowest BCUT2D eigenvalue weighted by molar-refractivity contribution is -0.135. The standard InChI is InChI=1S/C26H34N4O5/c1-25(2,3)35-24(34)29-14-26(15-29)12-16(13-26)8-9-17-6-5-7-18-21(17)28(4)23(33)30(18)19-10-11-20(31)27-22(19)32/h5-7,16,19H,8-15H2,1-4H3,(H,27,31,32). The molecule has 1 aromatic carbocycles. The highest BCUT2D eigenvalue weighted by Crippen LogP contribution is 2.53. The molecule has 1 spiro atoms. The highest BCUT2D eigenvalue weighted by Gasteiger charge is 2.54. The van der Waals surface area contributed by atoms with Crippen molar-refractivity contribution in [3.63, 3.8) is 0 Å². The molecule has 9 heteroatoms. The van der Waals surface area contributed by atoms with Crippen LogP contribution in [0.5, 0.6) is 0 Å². The fraction of sp³-hybridized carbons (Fsp3) is 0.615. The Bertz CT molecular complexity index is 1250. The Morgan fingerprint density at radius 1 is 1.17 bits per heavy atom. The Kier molecular flexibility index (Phi) is 5.56. The highest BCUT2D eigenvalue weighted by atomic mass is 16.6. The molecular formula is C26H34N4O5. The lowest BCUT2D eigenvalue weighted by atomic mass is 9.57. The van der Waals surface area contributed by atoms with Crippen molar-refractivity contribution in [1.82, 2.24) is 19.4 Å². The molecule has 3 aliphatic rings. The molecule has 3 amide bonds. The number of rotatable bonds is 4. The molecule has 9 nitrogen and oxygen atoms in total. The van der Waals surface area contributed by atoms with Gasteiger partial charge in [0.15, 0.2) is 0 Å². The molecule has 3 fully saturated rings. The Morgan fingerprint density at radius 2 is 1.89 bits per heavy atom. The van der Waals surface area contributed by atoms with Crippen molar-refractivity contribution >= 4 is 28.9 Å². The lowest BCUT2D eigenvalue weighted by Crippen LogP contribution is -2.64. The minimum atomic E-state index is -0.669. The van der Waals surface area contributed by atoms with E-state index in [9.17, 15) is 19.2 Å². The van der Waals surface area contributed by atoms with Crippen molar-refractivity contribution in [3.05, 3.63) is 34.2 Å². The number of imide groups is 1. The Labute approximate surface area is 204 Å². The van der Waals surface area contributed by atoms with Gasteiger partial charge in [-0.3, -0.25) is 24.0 Å². The van der Waals surface area contributed by atoms with E-state index in [1.165, 1.54) is 0 Å². The van der Waals surface area contributed by atoms with Crippen molar-refractivity contribution in [2.75, 3.05) is 13.1 Å². The maximum absolute atomic E-state index is 13.1. The number of hydrogen-bond acceptors (Lipinski definition) is 5. The van der Waals surface area contributed by atoms with E-state index < -0.39 is 17.6 Å². The summed E-state index contributed by atoms with van der Waals surface area (Å²) in [6.07, 6.45) is 4.42. The molecule has 5 rings (SSSR count). The number of aryl methyl sites for hydroxylation is 2. The molecule has 1 unspecified atom stereocenters. The zero-order valence-corrected chi connectivity index (χ0v) is 20.9. The normalized spacial score (nSPS) is 22.2. The monoisotopic (exact) mass is 482 g/mol. The summed E-state index contributed by atoms with van der Waals surface area (Å²) in [7, 11) is 1.74. The molecule has 1 N–H and O–H groups in total. The number of ether oxygens (including phenoxy) is 1. The third kappa shape index (κ3) is 4.25. The number of para-hydroxylation sites is 1.